The van der Waals surface area contributed by atoms with Crippen LogP contribution >= 0.6 is 35.7 Å². The first-order valence-corrected chi connectivity index (χ1v) is 10.1. The van der Waals surface area contributed by atoms with Crippen molar-refractivity contribution in [3.05, 3.63) is 60.2 Å². The highest BCUT2D eigenvalue weighted by molar-refractivity contribution is 14.0. The molecule has 0 saturated carbocycles. The van der Waals surface area contributed by atoms with Crippen LogP contribution in [0.4, 0.5) is 0 Å². The average molecular weight is 528 g/mol. The Balaban J connectivity index is 0.00000420. The number of benzene rings is 2. The number of amides is 1. The third-order valence-corrected chi connectivity index (χ3v) is 4.88. The zero-order valence-corrected chi connectivity index (χ0v) is 20.2. The number of thioether (sulfide) groups is 1. The lowest BCUT2D eigenvalue weighted by Gasteiger charge is -2.15. The summed E-state index contributed by atoms with van der Waals surface area (Å²) in [5.41, 5.74) is 1.04. The van der Waals surface area contributed by atoms with Crippen LogP contribution in [0.15, 0.2) is 64.5 Å². The second kappa shape index (κ2) is 14.1. The van der Waals surface area contributed by atoms with Crippen LogP contribution in [-0.4, -0.2) is 56.8 Å². The van der Waals surface area contributed by atoms with E-state index in [0.717, 1.165) is 23.6 Å². The summed E-state index contributed by atoms with van der Waals surface area (Å²) >= 11 is 1.77. The number of methoxy groups -OCH3 is 1. The molecule has 1 amide bonds. The van der Waals surface area contributed by atoms with E-state index in [2.05, 4.69) is 27.8 Å². The fourth-order valence-corrected chi connectivity index (χ4v) is 3.08. The number of halogens is 1. The first-order valence-electron chi connectivity index (χ1n) is 9.11. The van der Waals surface area contributed by atoms with Crippen molar-refractivity contribution in [2.45, 2.75) is 11.4 Å². The second-order valence-corrected chi connectivity index (χ2v) is 7.41. The zero-order chi connectivity index (χ0) is 20.2. The van der Waals surface area contributed by atoms with E-state index < -0.39 is 0 Å². The summed E-state index contributed by atoms with van der Waals surface area (Å²) in [5, 5.41) is 6.40. The van der Waals surface area contributed by atoms with Crippen LogP contribution in [0.3, 0.4) is 0 Å². The van der Waals surface area contributed by atoms with Gasteiger partial charge in [-0.3, -0.25) is 4.79 Å². The smallest absolute Gasteiger partial charge is 0.241 e. The lowest BCUT2D eigenvalue weighted by Crippen LogP contribution is -2.43. The zero-order valence-electron chi connectivity index (χ0n) is 17.1. The van der Waals surface area contributed by atoms with Gasteiger partial charge in [0.25, 0.3) is 0 Å². The first kappa shape index (κ1) is 25.1. The molecule has 0 aliphatic rings. The van der Waals surface area contributed by atoms with Gasteiger partial charge in [-0.2, -0.15) is 0 Å². The highest BCUT2D eigenvalue weighted by atomic mass is 127. The molecule has 0 fully saturated rings. The van der Waals surface area contributed by atoms with E-state index in [1.165, 1.54) is 4.90 Å². The van der Waals surface area contributed by atoms with Crippen molar-refractivity contribution in [2.75, 3.05) is 40.0 Å². The minimum atomic E-state index is -0.00505. The minimum absolute atomic E-state index is 0. The monoisotopic (exact) mass is 528 g/mol. The van der Waals surface area contributed by atoms with Gasteiger partial charge >= 0.3 is 0 Å². The van der Waals surface area contributed by atoms with Crippen molar-refractivity contribution < 1.29 is 9.53 Å². The molecule has 2 aromatic rings. The molecule has 0 unspecified atom stereocenters. The fourth-order valence-electron chi connectivity index (χ4n) is 2.29. The number of guanidine groups is 1. The topological polar surface area (TPSA) is 66.0 Å². The molecule has 0 atom stereocenters. The molecule has 158 valence electrons. The van der Waals surface area contributed by atoms with Gasteiger partial charge < -0.3 is 20.3 Å². The molecule has 0 heterocycles. The maximum absolute atomic E-state index is 11.9. The van der Waals surface area contributed by atoms with Crippen LogP contribution in [0, 0.1) is 0 Å². The van der Waals surface area contributed by atoms with Gasteiger partial charge in [0.15, 0.2) is 5.96 Å². The van der Waals surface area contributed by atoms with Crippen LogP contribution in [0.1, 0.15) is 5.56 Å². The number of rotatable bonds is 9. The molecular formula is C21H29IN4O2S. The fraction of sp³-hybridized carbons (Fsp3) is 0.333. The number of likely N-dealkylation sites (N-methyl/N-ethyl adjacent to an activating group) is 1. The molecule has 0 bridgehead atoms. The van der Waals surface area contributed by atoms with Gasteiger partial charge in [-0.1, -0.05) is 30.3 Å². The van der Waals surface area contributed by atoms with E-state index in [1.54, 1.807) is 37.9 Å². The maximum Gasteiger partial charge on any atom is 0.241 e. The first-order chi connectivity index (χ1) is 13.6. The number of nitrogens with one attached hydrogen (secondary N) is 2. The Morgan fingerprint density at radius 2 is 1.86 bits per heavy atom. The Kier molecular flexibility index (Phi) is 12.2. The van der Waals surface area contributed by atoms with E-state index in [-0.39, 0.29) is 36.4 Å². The van der Waals surface area contributed by atoms with Crippen molar-refractivity contribution in [1.82, 2.24) is 15.5 Å². The molecule has 0 aliphatic carbocycles. The Morgan fingerprint density at radius 1 is 1.10 bits per heavy atom. The Labute approximate surface area is 194 Å². The Bertz CT molecular complexity index is 772. The quantitative estimate of drug-likeness (QED) is 0.172. The van der Waals surface area contributed by atoms with Gasteiger partial charge in [0, 0.05) is 31.3 Å². The van der Waals surface area contributed by atoms with E-state index in [0.29, 0.717) is 12.5 Å². The average Bonchev–Trinajstić information content (AvgIpc) is 2.73. The summed E-state index contributed by atoms with van der Waals surface area (Å²) < 4.78 is 5.26. The summed E-state index contributed by atoms with van der Waals surface area (Å²) in [5.74, 6) is 2.31. The Hall–Kier alpha value is -1.94. The van der Waals surface area contributed by atoms with Gasteiger partial charge in [0.05, 0.1) is 20.2 Å². The molecule has 0 radical (unpaired) electrons. The van der Waals surface area contributed by atoms with E-state index in [1.807, 2.05) is 42.5 Å². The van der Waals surface area contributed by atoms with Gasteiger partial charge in [0.1, 0.15) is 5.75 Å². The van der Waals surface area contributed by atoms with Crippen molar-refractivity contribution in [3.8, 4) is 5.75 Å². The van der Waals surface area contributed by atoms with E-state index in [4.69, 9.17) is 4.74 Å². The number of ether oxygens (including phenoxy) is 1. The predicted molar refractivity (Wildman–Crippen MR) is 131 cm³/mol. The molecule has 2 N–H and O–H groups in total. The highest BCUT2D eigenvalue weighted by Crippen LogP contribution is 2.16. The van der Waals surface area contributed by atoms with Gasteiger partial charge in [-0.15, -0.1) is 35.7 Å². The van der Waals surface area contributed by atoms with Gasteiger partial charge in [0.2, 0.25) is 5.91 Å². The Morgan fingerprint density at radius 3 is 2.55 bits per heavy atom. The standard InChI is InChI=1S/C21H28N4O2S.HI/c1-25(2)20(26)16-24-21(22-12-13-28-19-10-5-4-6-11-19)23-15-17-8-7-9-18(14-17)27-3;/h4-11,14H,12-13,15-16H2,1-3H3,(H2,22,23,24);1H. The summed E-state index contributed by atoms with van der Waals surface area (Å²) in [6, 6.07) is 18.1. The molecule has 2 rings (SSSR count). The van der Waals surface area contributed by atoms with E-state index in [9.17, 15) is 4.79 Å². The third-order valence-electron chi connectivity index (χ3n) is 3.87. The SMILES string of the molecule is COc1cccc(CN=C(NCCSc2ccccc2)NCC(=O)N(C)C)c1.I. The van der Waals surface area contributed by atoms with Crippen molar-refractivity contribution >= 4 is 47.6 Å². The van der Waals surface area contributed by atoms with E-state index >= 15 is 0 Å². The third kappa shape index (κ3) is 9.89. The van der Waals surface area contributed by atoms with Crippen molar-refractivity contribution in [2.24, 2.45) is 4.99 Å². The molecule has 0 spiro atoms. The molecule has 0 aromatic heterocycles. The minimum Gasteiger partial charge on any atom is -0.497 e. The number of nitrogens with zero attached hydrogens (tertiary/aromatic N) is 2. The normalized spacial score (nSPS) is 10.7. The summed E-state index contributed by atoms with van der Waals surface area (Å²) in [7, 11) is 5.12. The number of hydrogen-bond donors (Lipinski definition) is 2. The molecule has 6 nitrogen and oxygen atoms in total. The van der Waals surface area contributed by atoms with Crippen LogP contribution in [0.5, 0.6) is 5.75 Å². The van der Waals surface area contributed by atoms with Crippen LogP contribution in [-0.2, 0) is 11.3 Å². The summed E-state index contributed by atoms with van der Waals surface area (Å²) in [6.45, 7) is 1.43. The molecule has 8 heteroatoms. The lowest BCUT2D eigenvalue weighted by molar-refractivity contribution is -0.127. The number of aliphatic imine (C=N–C) groups is 1. The number of carbonyl (C=O) groups is 1. The molecule has 2 aromatic carbocycles. The predicted octanol–water partition coefficient (Wildman–Crippen LogP) is 3.23. The molecule has 29 heavy (non-hydrogen) atoms. The number of carbonyl (C=O) groups excluding carboxylic acids is 1. The molecule has 0 aliphatic heterocycles. The molecule has 0 saturated heterocycles. The second-order valence-electron chi connectivity index (χ2n) is 6.25. The lowest BCUT2D eigenvalue weighted by atomic mass is 10.2. The van der Waals surface area contributed by atoms with Crippen molar-refractivity contribution in [3.63, 3.8) is 0 Å². The van der Waals surface area contributed by atoms with Gasteiger partial charge in [-0.05, 0) is 29.8 Å². The summed E-state index contributed by atoms with van der Waals surface area (Å²) in [4.78, 5) is 19.3. The van der Waals surface area contributed by atoms with Crippen LogP contribution in [0.25, 0.3) is 0 Å². The molecular weight excluding hydrogens is 499 g/mol. The van der Waals surface area contributed by atoms with Crippen molar-refractivity contribution in [1.29, 1.82) is 0 Å². The number of hydrogen-bond acceptors (Lipinski definition) is 4. The summed E-state index contributed by atoms with van der Waals surface area (Å²) in [6.07, 6.45) is 0. The highest BCUT2D eigenvalue weighted by Gasteiger charge is 2.06. The van der Waals surface area contributed by atoms with Crippen LogP contribution < -0.4 is 15.4 Å². The van der Waals surface area contributed by atoms with Crippen LogP contribution in [0.2, 0.25) is 0 Å². The van der Waals surface area contributed by atoms with Gasteiger partial charge in [-0.25, -0.2) is 4.99 Å². The maximum atomic E-state index is 11.9. The largest absolute Gasteiger partial charge is 0.497 e.